The molecule has 7 atom stereocenters. The maximum atomic E-state index is 11.1. The number of rotatable bonds is 4. The lowest BCUT2D eigenvalue weighted by molar-refractivity contribution is -0.135. The predicted molar refractivity (Wildman–Crippen MR) is 113 cm³/mol. The quantitative estimate of drug-likeness (QED) is 0.420. The van der Waals surface area contributed by atoms with Gasteiger partial charge in [0.25, 0.3) is 0 Å². The Labute approximate surface area is 169 Å². The van der Waals surface area contributed by atoms with Crippen LogP contribution in [0.2, 0.25) is 0 Å². The smallest absolute Gasteiger partial charge is 0.0924 e. The molecule has 0 bridgehead atoms. The van der Waals surface area contributed by atoms with Gasteiger partial charge in [-0.05, 0) is 82.3 Å². The van der Waals surface area contributed by atoms with Crippen molar-refractivity contribution in [3.63, 3.8) is 0 Å². The summed E-state index contributed by atoms with van der Waals surface area (Å²) < 4.78 is 6.73. The number of ether oxygens (including phenoxy) is 1. The molecule has 5 heteroatoms. The van der Waals surface area contributed by atoms with Crippen LogP contribution in [0.5, 0.6) is 0 Å². The summed E-state index contributed by atoms with van der Waals surface area (Å²) >= 11 is 4.95. The van der Waals surface area contributed by atoms with Crippen molar-refractivity contribution in [2.75, 3.05) is 7.05 Å². The van der Waals surface area contributed by atoms with Gasteiger partial charge >= 0.3 is 0 Å². The summed E-state index contributed by atoms with van der Waals surface area (Å²) in [6.07, 6.45) is 5.94. The third-order valence-corrected chi connectivity index (χ3v) is 7.95. The molecule has 1 N–H and O–H groups in total. The van der Waals surface area contributed by atoms with Crippen LogP contribution in [0, 0.1) is 17.8 Å². The van der Waals surface area contributed by atoms with Gasteiger partial charge in [-0.25, -0.2) is 4.99 Å². The molecule has 0 amide bonds. The SMILES string of the molecule is C=C1CCC(C2(C)CCC(C(C)(C)[N-]C)O2)C2C1CCC(C)(O)C2N=C=S. The van der Waals surface area contributed by atoms with E-state index in [4.69, 9.17) is 17.0 Å². The van der Waals surface area contributed by atoms with E-state index < -0.39 is 5.60 Å². The van der Waals surface area contributed by atoms with Crippen molar-refractivity contribution in [1.29, 1.82) is 0 Å². The molecule has 27 heavy (non-hydrogen) atoms. The number of aliphatic imine (C=N–C) groups is 1. The zero-order chi connectivity index (χ0) is 20.0. The third kappa shape index (κ3) is 3.70. The number of isothiocyanates is 1. The molecule has 3 rings (SSSR count). The van der Waals surface area contributed by atoms with Crippen molar-refractivity contribution in [1.82, 2.24) is 0 Å². The molecule has 7 unspecified atom stereocenters. The highest BCUT2D eigenvalue weighted by Crippen LogP contribution is 2.56. The first-order valence-corrected chi connectivity index (χ1v) is 10.7. The van der Waals surface area contributed by atoms with Gasteiger partial charge in [-0.15, -0.1) is 5.54 Å². The molecule has 0 aromatic heterocycles. The van der Waals surface area contributed by atoms with Gasteiger partial charge < -0.3 is 15.2 Å². The minimum atomic E-state index is -0.852. The molecule has 1 aliphatic heterocycles. The highest BCUT2D eigenvalue weighted by atomic mass is 32.1. The average Bonchev–Trinajstić information content (AvgIpc) is 3.01. The van der Waals surface area contributed by atoms with Crippen molar-refractivity contribution in [2.45, 2.75) is 95.1 Å². The fraction of sp³-hybridized carbons (Fsp3) is 0.864. The van der Waals surface area contributed by atoms with Crippen molar-refractivity contribution in [3.05, 3.63) is 17.5 Å². The molecule has 2 aliphatic carbocycles. The zero-order valence-electron chi connectivity index (χ0n) is 17.5. The maximum absolute atomic E-state index is 11.1. The van der Waals surface area contributed by atoms with Gasteiger partial charge in [0.15, 0.2) is 0 Å². The number of allylic oxidation sites excluding steroid dienone is 1. The van der Waals surface area contributed by atoms with E-state index in [1.807, 2.05) is 14.0 Å². The Kier molecular flexibility index (Phi) is 5.75. The first-order chi connectivity index (χ1) is 12.6. The molecule has 3 aliphatic rings. The van der Waals surface area contributed by atoms with Crippen LogP contribution in [0.3, 0.4) is 0 Å². The van der Waals surface area contributed by atoms with Crippen LogP contribution >= 0.6 is 12.2 Å². The Morgan fingerprint density at radius 3 is 2.63 bits per heavy atom. The molecule has 1 saturated heterocycles. The summed E-state index contributed by atoms with van der Waals surface area (Å²) in [6, 6.07) is -0.237. The lowest BCUT2D eigenvalue weighted by atomic mass is 9.55. The Hall–Kier alpha value is -0.580. The van der Waals surface area contributed by atoms with Crippen molar-refractivity contribution >= 4 is 17.4 Å². The van der Waals surface area contributed by atoms with Crippen LogP contribution < -0.4 is 0 Å². The second-order valence-corrected chi connectivity index (χ2v) is 10.1. The first-order valence-electron chi connectivity index (χ1n) is 10.3. The Balaban J connectivity index is 1.94. The second kappa shape index (κ2) is 7.35. The van der Waals surface area contributed by atoms with Crippen LogP contribution in [0.1, 0.15) is 66.2 Å². The zero-order valence-corrected chi connectivity index (χ0v) is 18.3. The number of likely N-dealkylation sites (N-methyl/N-ethyl adjacent to an activating group) is 1. The summed E-state index contributed by atoms with van der Waals surface area (Å²) in [6.45, 7) is 12.8. The number of hydrogen-bond donors (Lipinski definition) is 1. The molecule has 0 aromatic rings. The van der Waals surface area contributed by atoms with Crippen LogP contribution in [0.15, 0.2) is 17.1 Å². The lowest BCUT2D eigenvalue weighted by Gasteiger charge is -2.54. The number of thiocarbonyl (C=S) groups is 1. The minimum absolute atomic E-state index is 0.132. The van der Waals surface area contributed by atoms with Crippen molar-refractivity contribution < 1.29 is 9.84 Å². The third-order valence-electron chi connectivity index (χ3n) is 7.85. The Morgan fingerprint density at radius 2 is 2.00 bits per heavy atom. The monoisotopic (exact) mass is 391 g/mol. The van der Waals surface area contributed by atoms with Gasteiger partial charge in [-0.3, -0.25) is 0 Å². The molecule has 0 aromatic carbocycles. The topological polar surface area (TPSA) is 55.9 Å². The Morgan fingerprint density at radius 1 is 1.30 bits per heavy atom. The maximum Gasteiger partial charge on any atom is 0.0924 e. The Bertz CT molecular complexity index is 640. The molecule has 4 nitrogen and oxygen atoms in total. The summed E-state index contributed by atoms with van der Waals surface area (Å²) in [7, 11) is 1.88. The van der Waals surface area contributed by atoms with Crippen molar-refractivity contribution in [3.8, 4) is 0 Å². The highest BCUT2D eigenvalue weighted by molar-refractivity contribution is 7.78. The van der Waals surface area contributed by atoms with Crippen LogP contribution in [0.25, 0.3) is 5.32 Å². The van der Waals surface area contributed by atoms with E-state index in [1.165, 1.54) is 5.57 Å². The van der Waals surface area contributed by atoms with E-state index in [2.05, 4.69) is 42.8 Å². The van der Waals surface area contributed by atoms with E-state index in [0.29, 0.717) is 11.8 Å². The number of hydrogen-bond acceptors (Lipinski definition) is 4. The average molecular weight is 392 g/mol. The van der Waals surface area contributed by atoms with Crippen LogP contribution in [0.4, 0.5) is 0 Å². The van der Waals surface area contributed by atoms with E-state index in [1.54, 1.807) is 0 Å². The van der Waals surface area contributed by atoms with Gasteiger partial charge in [0, 0.05) is 6.10 Å². The highest BCUT2D eigenvalue weighted by Gasteiger charge is 2.57. The van der Waals surface area contributed by atoms with E-state index in [9.17, 15) is 5.11 Å². The molecule has 0 spiro atoms. The number of nitrogens with zero attached hydrogens (tertiary/aromatic N) is 2. The van der Waals surface area contributed by atoms with Gasteiger partial charge in [-0.2, -0.15) is 7.05 Å². The standard InChI is InChI=1S/C22H35N2O2S/c1-14-7-8-16(22(5)12-10-17(26-22)20(2,3)23-6)18-15(14)9-11-21(4,25)19(18)24-13-27/h15-19,25H,1,7-12H2,2-6H3/q-1. The molecule has 2 saturated carbocycles. The van der Waals surface area contributed by atoms with E-state index >= 15 is 0 Å². The predicted octanol–water partition coefficient (Wildman–Crippen LogP) is 4.92. The minimum Gasteiger partial charge on any atom is -0.658 e. The molecule has 152 valence electrons. The molecule has 3 fully saturated rings. The van der Waals surface area contributed by atoms with Gasteiger partial charge in [0.05, 0.1) is 22.4 Å². The molecular weight excluding hydrogens is 356 g/mol. The lowest BCUT2D eigenvalue weighted by Crippen LogP contribution is -2.58. The summed E-state index contributed by atoms with van der Waals surface area (Å²) in [5.74, 6) is 0.912. The number of fused-ring (bicyclic) bond motifs is 1. The number of aliphatic hydroxyl groups is 1. The van der Waals surface area contributed by atoms with Crippen molar-refractivity contribution in [2.24, 2.45) is 22.7 Å². The van der Waals surface area contributed by atoms with E-state index in [0.717, 1.165) is 38.5 Å². The largest absolute Gasteiger partial charge is 0.658 e. The fourth-order valence-electron chi connectivity index (χ4n) is 5.89. The van der Waals surface area contributed by atoms with Gasteiger partial charge in [0.1, 0.15) is 0 Å². The molecule has 0 radical (unpaired) electrons. The van der Waals surface area contributed by atoms with Crippen LogP contribution in [-0.2, 0) is 4.74 Å². The summed E-state index contributed by atoms with van der Waals surface area (Å²) in [5.41, 5.74) is 0.0476. The first kappa shape index (κ1) is 21.1. The normalized spacial score (nSPS) is 45.3. The van der Waals surface area contributed by atoms with Gasteiger partial charge in [-0.1, -0.05) is 26.0 Å². The van der Waals surface area contributed by atoms with Gasteiger partial charge in [0.2, 0.25) is 0 Å². The summed E-state index contributed by atoms with van der Waals surface area (Å²) in [4.78, 5) is 4.49. The second-order valence-electron chi connectivity index (χ2n) is 9.88. The van der Waals surface area contributed by atoms with Crippen LogP contribution in [-0.4, -0.2) is 46.2 Å². The molecular formula is C22H35N2O2S-. The molecule has 1 heterocycles. The van der Waals surface area contributed by atoms with E-state index in [-0.39, 0.29) is 29.2 Å². The fourth-order valence-corrected chi connectivity index (χ4v) is 6.00. The summed E-state index contributed by atoms with van der Waals surface area (Å²) in [5, 5.41) is 18.2.